The third-order valence-electron chi connectivity index (χ3n) is 3.86. The molecule has 0 saturated heterocycles. The lowest BCUT2D eigenvalue weighted by Gasteiger charge is -2.12. The topological polar surface area (TPSA) is 46.2 Å². The van der Waals surface area contributed by atoms with Gasteiger partial charge in [0.15, 0.2) is 0 Å². The number of terminal acetylenes is 1. The summed E-state index contributed by atoms with van der Waals surface area (Å²) in [7, 11) is -3.69. The third kappa shape index (κ3) is 3.73. The quantitative estimate of drug-likeness (QED) is 0.709. The normalized spacial score (nSPS) is 10.9. The minimum atomic E-state index is -3.69. The highest BCUT2D eigenvalue weighted by molar-refractivity contribution is 7.92. The van der Waals surface area contributed by atoms with Crippen molar-refractivity contribution >= 4 is 15.7 Å². The zero-order chi connectivity index (χ0) is 17.9. The monoisotopic (exact) mass is 347 g/mol. The largest absolute Gasteiger partial charge is 0.278 e. The summed E-state index contributed by atoms with van der Waals surface area (Å²) in [5.74, 6) is 2.56. The summed E-state index contributed by atoms with van der Waals surface area (Å²) >= 11 is 0. The van der Waals surface area contributed by atoms with Gasteiger partial charge in [-0.05, 0) is 42.3 Å². The Balaban J connectivity index is 1.95. The fourth-order valence-corrected chi connectivity index (χ4v) is 3.56. The van der Waals surface area contributed by atoms with Gasteiger partial charge in [0, 0.05) is 5.56 Å². The first kappa shape index (κ1) is 16.8. The predicted molar refractivity (Wildman–Crippen MR) is 102 cm³/mol. The van der Waals surface area contributed by atoms with E-state index in [-0.39, 0.29) is 4.90 Å². The van der Waals surface area contributed by atoms with Gasteiger partial charge >= 0.3 is 0 Å². The van der Waals surface area contributed by atoms with Crippen molar-refractivity contribution in [3.05, 3.63) is 83.9 Å². The van der Waals surface area contributed by atoms with Gasteiger partial charge in [0.25, 0.3) is 10.0 Å². The van der Waals surface area contributed by atoms with Crippen molar-refractivity contribution < 1.29 is 8.42 Å². The van der Waals surface area contributed by atoms with Crippen LogP contribution in [0.25, 0.3) is 11.1 Å². The van der Waals surface area contributed by atoms with Crippen LogP contribution in [0.2, 0.25) is 0 Å². The maximum Gasteiger partial charge on any atom is 0.261 e. The molecule has 0 bridgehead atoms. The standard InChI is InChI=1S/C21H17NO2S/c1-3-17-15-19(18-7-5-4-6-8-18)11-14-21(17)22-25(23,24)20-12-9-16(2)10-13-20/h1,4-15,22H,2H3. The van der Waals surface area contributed by atoms with Crippen LogP contribution >= 0.6 is 0 Å². The minimum Gasteiger partial charge on any atom is -0.278 e. The highest BCUT2D eigenvalue weighted by atomic mass is 32.2. The molecule has 3 aromatic rings. The molecule has 0 aliphatic heterocycles. The molecule has 0 amide bonds. The molecule has 4 heteroatoms. The fourth-order valence-electron chi connectivity index (χ4n) is 2.48. The number of benzene rings is 3. The number of sulfonamides is 1. The van der Waals surface area contributed by atoms with Crippen LogP contribution in [0, 0.1) is 19.3 Å². The van der Waals surface area contributed by atoms with E-state index in [2.05, 4.69) is 10.6 Å². The summed E-state index contributed by atoms with van der Waals surface area (Å²) in [6.45, 7) is 1.91. The van der Waals surface area contributed by atoms with E-state index in [0.29, 0.717) is 11.3 Å². The second-order valence-corrected chi connectivity index (χ2v) is 7.37. The summed E-state index contributed by atoms with van der Waals surface area (Å²) in [5, 5.41) is 0. The molecule has 0 unspecified atom stereocenters. The van der Waals surface area contributed by atoms with Crippen LogP contribution in [0.4, 0.5) is 5.69 Å². The maximum atomic E-state index is 12.6. The zero-order valence-corrected chi connectivity index (χ0v) is 14.5. The number of anilines is 1. The molecule has 3 rings (SSSR count). The number of rotatable bonds is 4. The van der Waals surface area contributed by atoms with Gasteiger partial charge in [0.05, 0.1) is 10.6 Å². The molecular weight excluding hydrogens is 330 g/mol. The third-order valence-corrected chi connectivity index (χ3v) is 5.24. The summed E-state index contributed by atoms with van der Waals surface area (Å²) in [4.78, 5) is 0.202. The zero-order valence-electron chi connectivity index (χ0n) is 13.7. The van der Waals surface area contributed by atoms with E-state index in [1.54, 1.807) is 30.3 Å². The van der Waals surface area contributed by atoms with E-state index in [9.17, 15) is 8.42 Å². The SMILES string of the molecule is C#Cc1cc(-c2ccccc2)ccc1NS(=O)(=O)c1ccc(C)cc1. The van der Waals surface area contributed by atoms with Gasteiger partial charge in [-0.1, -0.05) is 60.0 Å². The van der Waals surface area contributed by atoms with Crippen LogP contribution in [0.1, 0.15) is 11.1 Å². The second kappa shape index (κ2) is 6.84. The van der Waals surface area contributed by atoms with Gasteiger partial charge in [0.2, 0.25) is 0 Å². The van der Waals surface area contributed by atoms with Crippen LogP contribution in [0.5, 0.6) is 0 Å². The maximum absolute atomic E-state index is 12.6. The second-order valence-electron chi connectivity index (χ2n) is 5.69. The highest BCUT2D eigenvalue weighted by Crippen LogP contribution is 2.26. The Morgan fingerprint density at radius 1 is 0.880 bits per heavy atom. The predicted octanol–water partition coefficient (Wildman–Crippen LogP) is 4.44. The number of hydrogen-bond acceptors (Lipinski definition) is 2. The van der Waals surface area contributed by atoms with Crippen molar-refractivity contribution in [3.8, 4) is 23.5 Å². The molecule has 0 fully saturated rings. The molecule has 124 valence electrons. The van der Waals surface area contributed by atoms with E-state index in [0.717, 1.165) is 16.7 Å². The first-order valence-electron chi connectivity index (χ1n) is 7.75. The molecule has 0 radical (unpaired) electrons. The van der Waals surface area contributed by atoms with Gasteiger partial charge in [-0.25, -0.2) is 8.42 Å². The molecule has 0 saturated carbocycles. The van der Waals surface area contributed by atoms with Crippen LogP contribution < -0.4 is 4.72 Å². The Kier molecular flexibility index (Phi) is 4.60. The lowest BCUT2D eigenvalue weighted by Crippen LogP contribution is -2.13. The summed E-state index contributed by atoms with van der Waals surface area (Å²) in [6.07, 6.45) is 5.59. The minimum absolute atomic E-state index is 0.202. The van der Waals surface area contributed by atoms with Gasteiger partial charge in [0.1, 0.15) is 0 Å². The van der Waals surface area contributed by atoms with Crippen molar-refractivity contribution in [1.82, 2.24) is 0 Å². The van der Waals surface area contributed by atoms with Gasteiger partial charge in [-0.2, -0.15) is 0 Å². The number of hydrogen-bond donors (Lipinski definition) is 1. The Morgan fingerprint density at radius 3 is 2.20 bits per heavy atom. The van der Waals surface area contributed by atoms with Crippen molar-refractivity contribution in [1.29, 1.82) is 0 Å². The van der Waals surface area contributed by atoms with Crippen molar-refractivity contribution in [2.24, 2.45) is 0 Å². The molecule has 0 aliphatic carbocycles. The van der Waals surface area contributed by atoms with Gasteiger partial charge in [-0.15, -0.1) is 6.42 Å². The van der Waals surface area contributed by atoms with Crippen molar-refractivity contribution in [3.63, 3.8) is 0 Å². The molecule has 3 nitrogen and oxygen atoms in total. The summed E-state index contributed by atoms with van der Waals surface area (Å²) in [6, 6.07) is 21.8. The van der Waals surface area contributed by atoms with Gasteiger partial charge < -0.3 is 0 Å². The average Bonchev–Trinajstić information content (AvgIpc) is 2.63. The molecular formula is C21H17NO2S. The molecule has 1 N–H and O–H groups in total. The van der Waals surface area contributed by atoms with E-state index in [1.165, 1.54) is 0 Å². The Labute approximate surface area is 148 Å². The smallest absolute Gasteiger partial charge is 0.261 e. The number of aryl methyl sites for hydroxylation is 1. The first-order valence-corrected chi connectivity index (χ1v) is 9.23. The molecule has 25 heavy (non-hydrogen) atoms. The Hall–Kier alpha value is -3.03. The summed E-state index contributed by atoms with van der Waals surface area (Å²) in [5.41, 5.74) is 3.84. The summed E-state index contributed by atoms with van der Waals surface area (Å²) < 4.78 is 27.7. The van der Waals surface area contributed by atoms with Gasteiger partial charge in [-0.3, -0.25) is 4.72 Å². The lowest BCUT2D eigenvalue weighted by molar-refractivity contribution is 0.601. The Bertz CT molecular complexity index is 1030. The molecule has 0 spiro atoms. The fraction of sp³-hybridized carbons (Fsp3) is 0.0476. The first-order chi connectivity index (χ1) is 12.0. The molecule has 3 aromatic carbocycles. The molecule has 0 aromatic heterocycles. The van der Waals surface area contributed by atoms with Crippen LogP contribution in [-0.2, 0) is 10.0 Å². The van der Waals surface area contributed by atoms with Crippen molar-refractivity contribution in [2.75, 3.05) is 4.72 Å². The van der Waals surface area contributed by atoms with Crippen LogP contribution in [-0.4, -0.2) is 8.42 Å². The lowest BCUT2D eigenvalue weighted by atomic mass is 10.0. The van der Waals surface area contributed by atoms with E-state index < -0.39 is 10.0 Å². The Morgan fingerprint density at radius 2 is 1.56 bits per heavy atom. The van der Waals surface area contributed by atoms with Crippen LogP contribution in [0.15, 0.2) is 77.7 Å². The average molecular weight is 347 g/mol. The van der Waals surface area contributed by atoms with E-state index in [1.807, 2.05) is 49.4 Å². The highest BCUT2D eigenvalue weighted by Gasteiger charge is 2.16. The number of nitrogens with one attached hydrogen (secondary N) is 1. The van der Waals surface area contributed by atoms with Crippen LogP contribution in [0.3, 0.4) is 0 Å². The molecule has 0 heterocycles. The van der Waals surface area contributed by atoms with E-state index in [4.69, 9.17) is 6.42 Å². The molecule has 0 atom stereocenters. The van der Waals surface area contributed by atoms with Crippen molar-refractivity contribution in [2.45, 2.75) is 11.8 Å². The molecule has 0 aliphatic rings. The van der Waals surface area contributed by atoms with E-state index >= 15 is 0 Å².